The van der Waals surface area contributed by atoms with E-state index in [9.17, 15) is 14.7 Å². The molecule has 0 aliphatic carbocycles. The largest absolute Gasteiger partial charge is 0.456 e. The van der Waals surface area contributed by atoms with Gasteiger partial charge >= 0.3 is 11.9 Å². The highest BCUT2D eigenvalue weighted by atomic mass is 16.6. The van der Waals surface area contributed by atoms with Crippen LogP contribution in [0.3, 0.4) is 0 Å². The molecule has 0 bridgehead atoms. The average Bonchev–Trinajstić information content (AvgIpc) is 2.81. The molecule has 0 fully saturated rings. The summed E-state index contributed by atoms with van der Waals surface area (Å²) in [6.07, 6.45) is 14.6. The zero-order valence-corrected chi connectivity index (χ0v) is 19.2. The molecule has 0 aromatic carbocycles. The van der Waals surface area contributed by atoms with Crippen molar-refractivity contribution in [1.29, 1.82) is 0 Å². The second-order valence-electron chi connectivity index (χ2n) is 6.87. The third-order valence-electron chi connectivity index (χ3n) is 4.12. The number of esters is 2. The van der Waals surface area contributed by atoms with Crippen LogP contribution in [0.15, 0.2) is 0 Å². The van der Waals surface area contributed by atoms with Crippen LogP contribution in [0, 0.1) is 71.5 Å². The van der Waals surface area contributed by atoms with Crippen LogP contribution < -0.4 is 0 Å². The zero-order valence-electron chi connectivity index (χ0n) is 19.2. The molecule has 1 atom stereocenters. The van der Waals surface area contributed by atoms with Crippen LogP contribution in [-0.2, 0) is 19.1 Å². The third kappa shape index (κ3) is 21.3. The summed E-state index contributed by atoms with van der Waals surface area (Å²) < 4.78 is 10.0. The fourth-order valence-corrected chi connectivity index (χ4v) is 2.49. The lowest BCUT2D eigenvalue weighted by Crippen LogP contribution is -2.28. The fraction of sp³-hybridized carbons (Fsp3) is 0.500. The van der Waals surface area contributed by atoms with Crippen molar-refractivity contribution in [3.8, 4) is 71.5 Å². The van der Waals surface area contributed by atoms with Gasteiger partial charge in [0.1, 0.15) is 6.61 Å². The van der Waals surface area contributed by atoms with E-state index in [4.69, 9.17) is 15.9 Å². The zero-order chi connectivity index (χ0) is 24.4. The summed E-state index contributed by atoms with van der Waals surface area (Å²) in [7, 11) is 0. The van der Waals surface area contributed by atoms with Gasteiger partial charge in [-0.15, -0.1) is 6.42 Å². The molecule has 1 N–H and O–H groups in total. The van der Waals surface area contributed by atoms with Crippen molar-refractivity contribution in [2.24, 2.45) is 0 Å². The minimum absolute atomic E-state index is 0.275. The molecule has 0 spiro atoms. The first-order valence-electron chi connectivity index (χ1n) is 11.1. The molecule has 0 saturated carbocycles. The number of carbonyl (C=O) groups excluding carboxylic acids is 2. The van der Waals surface area contributed by atoms with Gasteiger partial charge in [0.25, 0.3) is 0 Å². The summed E-state index contributed by atoms with van der Waals surface area (Å²) in [5.41, 5.74) is 0. The third-order valence-corrected chi connectivity index (χ3v) is 4.12. The second kappa shape index (κ2) is 22.9. The van der Waals surface area contributed by atoms with Crippen LogP contribution in [0.1, 0.15) is 71.1 Å². The lowest BCUT2D eigenvalue weighted by Gasteiger charge is -2.14. The summed E-state index contributed by atoms with van der Waals surface area (Å²) in [5, 5.41) is 9.31. The molecule has 0 aliphatic rings. The van der Waals surface area contributed by atoms with Crippen LogP contribution in [0.5, 0.6) is 0 Å². The smallest absolute Gasteiger partial charge is 0.385 e. The number of terminal acetylenes is 1. The monoisotopic (exact) mass is 446 g/mol. The quantitative estimate of drug-likeness (QED) is 0.192. The molecule has 0 aromatic heterocycles. The van der Waals surface area contributed by atoms with Crippen LogP contribution in [-0.4, -0.2) is 36.4 Å². The van der Waals surface area contributed by atoms with Gasteiger partial charge in [-0.3, -0.25) is 4.79 Å². The Labute approximate surface area is 198 Å². The molecule has 5 heteroatoms. The van der Waals surface area contributed by atoms with E-state index in [0.29, 0.717) is 0 Å². The van der Waals surface area contributed by atoms with Crippen molar-refractivity contribution in [2.45, 2.75) is 77.2 Å². The average molecular weight is 447 g/mol. The summed E-state index contributed by atoms with van der Waals surface area (Å²) in [6.45, 7) is 1.47. The molecule has 5 nitrogen and oxygen atoms in total. The van der Waals surface area contributed by atoms with Gasteiger partial charge in [-0.2, -0.15) is 0 Å². The predicted octanol–water partition coefficient (Wildman–Crippen LogP) is 3.00. The predicted molar refractivity (Wildman–Crippen MR) is 127 cm³/mol. The van der Waals surface area contributed by atoms with Gasteiger partial charge in [0.05, 0.1) is 6.61 Å². The Hall–Kier alpha value is -3.74. The molecule has 0 heterocycles. The van der Waals surface area contributed by atoms with E-state index >= 15 is 0 Å². The number of aliphatic hydroxyl groups is 1. The van der Waals surface area contributed by atoms with Gasteiger partial charge in [0.15, 0.2) is 6.10 Å². The molecule has 0 saturated heterocycles. The molecule has 0 amide bonds. The Morgan fingerprint density at radius 1 is 0.788 bits per heavy atom. The van der Waals surface area contributed by atoms with Crippen molar-refractivity contribution >= 4 is 11.9 Å². The maximum Gasteiger partial charge on any atom is 0.385 e. The number of hydrogen-bond donors (Lipinski definition) is 1. The normalized spacial score (nSPS) is 9.24. The molecule has 0 rings (SSSR count). The summed E-state index contributed by atoms with van der Waals surface area (Å²) >= 11 is 0. The summed E-state index contributed by atoms with van der Waals surface area (Å²) in [6, 6.07) is 0. The minimum Gasteiger partial charge on any atom is -0.456 e. The summed E-state index contributed by atoms with van der Waals surface area (Å²) in [5.74, 6) is 24.3. The van der Waals surface area contributed by atoms with Gasteiger partial charge in [-0.25, -0.2) is 4.79 Å². The SMILES string of the molecule is C#CC#CC#CC#CC#CC#CC(=O)OC[C@H](CO)OC(=O)CCCCCCCCCCC. The number of hydrogen-bond acceptors (Lipinski definition) is 5. The molecular weight excluding hydrogens is 416 g/mol. The lowest BCUT2D eigenvalue weighted by molar-refractivity contribution is -0.159. The van der Waals surface area contributed by atoms with E-state index in [2.05, 4.69) is 72.0 Å². The van der Waals surface area contributed by atoms with E-state index in [0.717, 1.165) is 19.3 Å². The number of ether oxygens (including phenoxy) is 2. The number of unbranched alkanes of at least 4 members (excludes halogenated alkanes) is 8. The molecule has 0 aliphatic heterocycles. The Balaban J connectivity index is 4.06. The number of aliphatic hydroxyl groups excluding tert-OH is 1. The first kappa shape index (κ1) is 29.3. The van der Waals surface area contributed by atoms with Crippen LogP contribution in [0.25, 0.3) is 0 Å². The maximum absolute atomic E-state index is 11.9. The van der Waals surface area contributed by atoms with Gasteiger partial charge < -0.3 is 14.6 Å². The number of rotatable bonds is 14. The molecule has 0 radical (unpaired) electrons. The van der Waals surface area contributed by atoms with Crippen LogP contribution >= 0.6 is 0 Å². The first-order valence-corrected chi connectivity index (χ1v) is 11.1. The van der Waals surface area contributed by atoms with Gasteiger partial charge in [0, 0.05) is 12.3 Å². The van der Waals surface area contributed by atoms with Crippen molar-refractivity contribution in [1.82, 2.24) is 0 Å². The second-order valence-corrected chi connectivity index (χ2v) is 6.87. The molecule has 33 heavy (non-hydrogen) atoms. The highest BCUT2D eigenvalue weighted by Gasteiger charge is 2.15. The minimum atomic E-state index is -0.921. The van der Waals surface area contributed by atoms with Gasteiger partial charge in [-0.1, -0.05) is 58.3 Å². The van der Waals surface area contributed by atoms with E-state index < -0.39 is 24.6 Å². The highest BCUT2D eigenvalue weighted by molar-refractivity contribution is 5.89. The standard InChI is InChI=1S/C28H30O5/c1-3-5-7-9-11-13-15-16-18-20-22-27(30)32-25-26(24-29)33-28(31)23-21-19-17-14-12-10-8-6-4-2/h1,26,29H,4,6,8,10,12,14,17,19,21,23-25H2,2H3/t26-/m0/s1. The highest BCUT2D eigenvalue weighted by Crippen LogP contribution is 2.11. The Bertz CT molecular complexity index is 943. The van der Waals surface area contributed by atoms with Gasteiger partial charge in [0.2, 0.25) is 0 Å². The van der Waals surface area contributed by atoms with Crippen LogP contribution in [0.2, 0.25) is 0 Å². The van der Waals surface area contributed by atoms with Gasteiger partial charge in [-0.05, 0) is 65.6 Å². The summed E-state index contributed by atoms with van der Waals surface area (Å²) in [4.78, 5) is 23.4. The first-order chi connectivity index (χ1) is 16.1. The lowest BCUT2D eigenvalue weighted by atomic mass is 10.1. The Morgan fingerprint density at radius 2 is 1.30 bits per heavy atom. The van der Waals surface area contributed by atoms with Crippen molar-refractivity contribution in [3.05, 3.63) is 0 Å². The Morgan fingerprint density at radius 3 is 1.85 bits per heavy atom. The number of carbonyl (C=O) groups is 2. The van der Waals surface area contributed by atoms with E-state index in [1.165, 1.54) is 38.5 Å². The van der Waals surface area contributed by atoms with Crippen molar-refractivity contribution < 1.29 is 24.2 Å². The van der Waals surface area contributed by atoms with E-state index in [1.807, 2.05) is 0 Å². The molecule has 0 aromatic rings. The van der Waals surface area contributed by atoms with E-state index in [-0.39, 0.29) is 13.0 Å². The maximum atomic E-state index is 11.9. The molecule has 172 valence electrons. The molecule has 0 unspecified atom stereocenters. The van der Waals surface area contributed by atoms with Crippen molar-refractivity contribution in [2.75, 3.05) is 13.2 Å². The van der Waals surface area contributed by atoms with E-state index in [1.54, 1.807) is 0 Å². The van der Waals surface area contributed by atoms with Crippen LogP contribution in [0.4, 0.5) is 0 Å². The topological polar surface area (TPSA) is 72.8 Å². The Kier molecular flexibility index (Phi) is 20.3. The molecular formula is C28H30O5. The fourth-order valence-electron chi connectivity index (χ4n) is 2.49. The van der Waals surface area contributed by atoms with Crippen molar-refractivity contribution in [3.63, 3.8) is 0 Å².